The van der Waals surface area contributed by atoms with Crippen molar-refractivity contribution >= 4 is 64.5 Å². The van der Waals surface area contributed by atoms with Crippen LogP contribution in [0.3, 0.4) is 0 Å². The first-order valence-electron chi connectivity index (χ1n) is 19.6. The highest BCUT2D eigenvalue weighted by Crippen LogP contribution is 2.36. The first kappa shape index (κ1) is 46.9. The van der Waals surface area contributed by atoms with E-state index in [0.717, 1.165) is 44.4 Å². The molecule has 0 aromatic carbocycles. The number of H-pyrrole nitrogens is 1. The molecule has 2 amide bonds. The van der Waals surface area contributed by atoms with Gasteiger partial charge in [-0.1, -0.05) is 19.6 Å². The third-order valence-electron chi connectivity index (χ3n) is 10.0. The number of ether oxygens (including phenoxy) is 1. The number of amides is 2. The van der Waals surface area contributed by atoms with Gasteiger partial charge in [0.25, 0.3) is 11.8 Å². The van der Waals surface area contributed by atoms with E-state index in [9.17, 15) is 33.0 Å². The number of rotatable bonds is 12. The van der Waals surface area contributed by atoms with Crippen LogP contribution < -0.4 is 0 Å². The number of likely N-dealkylation sites (N-methyl/N-ethyl adjacent to an activating group) is 2. The number of nitrogens with zero attached hydrogens (tertiary/aromatic N) is 9. The number of aryl methyl sites for hydroxylation is 1. The maximum Gasteiger partial charge on any atom is 0.435 e. The highest BCUT2D eigenvalue weighted by atomic mass is 127. The minimum atomic E-state index is -4.55. The summed E-state index contributed by atoms with van der Waals surface area (Å²) in [5.41, 5.74) is 4.83. The Labute approximate surface area is 376 Å². The highest BCUT2D eigenvalue weighted by molar-refractivity contribution is 14.1. The number of hydrogen-bond donors (Lipinski definition) is 3. The van der Waals surface area contributed by atoms with E-state index in [4.69, 9.17) is 4.74 Å². The molecule has 7 aromatic rings. The zero-order valence-corrected chi connectivity index (χ0v) is 39.1. The van der Waals surface area contributed by atoms with Gasteiger partial charge >= 0.3 is 6.18 Å². The van der Waals surface area contributed by atoms with Crippen LogP contribution in [0.1, 0.15) is 29.0 Å². The molecule has 7 heterocycles. The Morgan fingerprint density at radius 1 is 0.825 bits per heavy atom. The van der Waals surface area contributed by atoms with Crippen molar-refractivity contribution in [3.05, 3.63) is 100 Å². The molecule has 15 nitrogen and oxygen atoms in total. The van der Waals surface area contributed by atoms with Crippen LogP contribution in [0.25, 0.3) is 55.6 Å². The number of aliphatic hydroxyl groups is 2. The third kappa shape index (κ3) is 11.0. The van der Waals surface area contributed by atoms with Crippen molar-refractivity contribution < 1.29 is 37.7 Å². The highest BCUT2D eigenvalue weighted by Gasteiger charge is 2.35. The van der Waals surface area contributed by atoms with Crippen LogP contribution >= 0.6 is 22.6 Å². The first-order chi connectivity index (χ1) is 29.6. The van der Waals surface area contributed by atoms with E-state index in [1.54, 1.807) is 63.3 Å². The van der Waals surface area contributed by atoms with Crippen molar-refractivity contribution in [1.82, 2.24) is 49.1 Å². The molecule has 0 aliphatic carbocycles. The molecule has 0 saturated carbocycles. The normalized spacial score (nSPS) is 12.9. The topological polar surface area (TPSA) is 180 Å². The summed E-state index contributed by atoms with van der Waals surface area (Å²) in [4.78, 5) is 47.1. The lowest BCUT2D eigenvalue weighted by Crippen LogP contribution is -2.28. The van der Waals surface area contributed by atoms with E-state index in [2.05, 4.69) is 78.3 Å². The molecule has 2 unspecified atom stereocenters. The number of alkyl halides is 3. The SMILES string of the molecule is CN(C)C(=O)C(O)c1cncc(-c2cnc3[nH]cc(-c4cc(C(F)(F)F)nn4C)c3c2)c1.CN(C)C(=O)C(O)c1cncc(-c2cnc3c(c2)c(I)cn3COCC[Si](C)(C)C)c1. The number of carbonyl (C=O) groups excluding carboxylic acids is 2. The van der Waals surface area contributed by atoms with Gasteiger partial charge in [-0.25, -0.2) is 9.97 Å². The van der Waals surface area contributed by atoms with Crippen LogP contribution in [0.5, 0.6) is 0 Å². The van der Waals surface area contributed by atoms with Crippen molar-refractivity contribution in [2.24, 2.45) is 7.05 Å². The average Bonchev–Trinajstić information content (AvgIpc) is 3.94. The van der Waals surface area contributed by atoms with E-state index in [0.29, 0.717) is 45.6 Å². The summed E-state index contributed by atoms with van der Waals surface area (Å²) >= 11 is 2.31. The lowest BCUT2D eigenvalue weighted by atomic mass is 10.0. The predicted molar refractivity (Wildman–Crippen MR) is 244 cm³/mol. The maximum absolute atomic E-state index is 13.1. The number of carbonyl (C=O) groups is 2. The molecule has 0 aliphatic rings. The fraction of sp³-hybridized carbons (Fsp3) is 0.326. The van der Waals surface area contributed by atoms with E-state index in [-0.39, 0.29) is 11.6 Å². The van der Waals surface area contributed by atoms with Crippen LogP contribution in [0, 0.1) is 3.57 Å². The Morgan fingerprint density at radius 3 is 1.89 bits per heavy atom. The summed E-state index contributed by atoms with van der Waals surface area (Å²) in [6, 6.07) is 9.34. The van der Waals surface area contributed by atoms with Crippen molar-refractivity contribution in [3.63, 3.8) is 0 Å². The average molecular weight is 997 g/mol. The number of aromatic nitrogens is 8. The number of nitrogens with one attached hydrogen (secondary N) is 1. The molecule has 2 atom stereocenters. The summed E-state index contributed by atoms with van der Waals surface area (Å²) in [5.74, 6) is -0.865. The van der Waals surface area contributed by atoms with Crippen LogP contribution in [0.15, 0.2) is 79.9 Å². The van der Waals surface area contributed by atoms with Gasteiger partial charge in [-0.2, -0.15) is 18.3 Å². The lowest BCUT2D eigenvalue weighted by Gasteiger charge is -2.16. The summed E-state index contributed by atoms with van der Waals surface area (Å²) in [7, 11) is 6.63. The second kappa shape index (κ2) is 19.0. The van der Waals surface area contributed by atoms with Gasteiger partial charge in [0, 0.05) is 153 Å². The third-order valence-corrected chi connectivity index (χ3v) is 12.6. The minimum absolute atomic E-state index is 0.279. The van der Waals surface area contributed by atoms with Crippen LogP contribution in [0.2, 0.25) is 25.7 Å². The Morgan fingerprint density at radius 2 is 1.37 bits per heavy atom. The molecular formula is C43H48F3IN10O5Si. The quantitative estimate of drug-likeness (QED) is 0.0639. The summed E-state index contributed by atoms with van der Waals surface area (Å²) in [5, 5.41) is 25.8. The van der Waals surface area contributed by atoms with Gasteiger partial charge in [0.2, 0.25) is 0 Å². The number of fused-ring (bicyclic) bond motifs is 2. The van der Waals surface area contributed by atoms with Crippen LogP contribution in [-0.2, 0) is 34.3 Å². The fourth-order valence-electron chi connectivity index (χ4n) is 6.46. The van der Waals surface area contributed by atoms with Gasteiger partial charge in [-0.15, -0.1) is 0 Å². The molecule has 3 N–H and O–H groups in total. The van der Waals surface area contributed by atoms with Gasteiger partial charge in [-0.3, -0.25) is 24.2 Å². The zero-order chi connectivity index (χ0) is 46.0. The minimum Gasteiger partial charge on any atom is -0.378 e. The molecular weight excluding hydrogens is 949 g/mol. The van der Waals surface area contributed by atoms with Gasteiger partial charge in [0.05, 0.1) is 5.69 Å². The van der Waals surface area contributed by atoms with Gasteiger partial charge in [0.1, 0.15) is 18.0 Å². The van der Waals surface area contributed by atoms with Crippen LogP contribution in [0.4, 0.5) is 13.2 Å². The van der Waals surface area contributed by atoms with E-state index in [1.165, 1.54) is 48.0 Å². The summed E-state index contributed by atoms with van der Waals surface area (Å²) in [6.07, 6.45) is 6.00. The fourth-order valence-corrected chi connectivity index (χ4v) is 7.95. The smallest absolute Gasteiger partial charge is 0.378 e. The molecule has 20 heteroatoms. The van der Waals surface area contributed by atoms with Gasteiger partial charge in [0.15, 0.2) is 17.9 Å². The molecule has 0 fully saturated rings. The van der Waals surface area contributed by atoms with Crippen molar-refractivity contribution in [2.45, 2.75) is 50.8 Å². The number of aliphatic hydroxyl groups excluding tert-OH is 2. The molecule has 7 rings (SSSR count). The van der Waals surface area contributed by atoms with Crippen molar-refractivity contribution in [3.8, 4) is 33.5 Å². The van der Waals surface area contributed by atoms with E-state index >= 15 is 0 Å². The van der Waals surface area contributed by atoms with Crippen molar-refractivity contribution in [1.29, 1.82) is 0 Å². The molecule has 0 spiro atoms. The Bertz CT molecular complexity index is 2760. The molecule has 63 heavy (non-hydrogen) atoms. The molecule has 0 aliphatic heterocycles. The molecule has 332 valence electrons. The summed E-state index contributed by atoms with van der Waals surface area (Å²) < 4.78 is 49.4. The van der Waals surface area contributed by atoms with Crippen molar-refractivity contribution in [2.75, 3.05) is 34.8 Å². The largest absolute Gasteiger partial charge is 0.435 e. The Kier molecular flexibility index (Phi) is 14.2. The Hall–Kier alpha value is -5.55. The second-order valence-electron chi connectivity index (χ2n) is 16.5. The molecule has 0 saturated heterocycles. The number of halogens is 4. The van der Waals surface area contributed by atoms with E-state index in [1.807, 2.05) is 10.8 Å². The van der Waals surface area contributed by atoms with E-state index < -0.39 is 38.1 Å². The Balaban J connectivity index is 0.000000210. The van der Waals surface area contributed by atoms with Gasteiger partial charge < -0.3 is 34.3 Å². The number of hydrogen-bond acceptors (Lipinski definition) is 10. The molecule has 7 aromatic heterocycles. The maximum atomic E-state index is 13.1. The van der Waals surface area contributed by atoms with Gasteiger partial charge in [-0.05, 0) is 59.0 Å². The first-order valence-corrected chi connectivity index (χ1v) is 24.4. The second-order valence-corrected chi connectivity index (χ2v) is 23.3. The predicted octanol–water partition coefficient (Wildman–Crippen LogP) is 7.30. The zero-order valence-electron chi connectivity index (χ0n) is 35.9. The summed E-state index contributed by atoms with van der Waals surface area (Å²) in [6.45, 7) is 8.26. The number of pyridine rings is 4. The molecule has 0 bridgehead atoms. The standard InChI is InChI=1S/C22H29IN4O3Si.C21H19F3N6O2/c1-26(2)22(29)20(28)17-8-15(10-24-11-17)16-9-18-19(23)13-27(21(18)25-12-16)14-30-6-7-31(3,4)5;1-29(2)20(32)18(31)13-4-11(7-25-8-13)12-5-14-15(10-27-19(14)26-9-12)16-6-17(21(22,23)24)28-30(16)3/h8-13,20,28H,6-7,14H2,1-5H3;4-10,18,31H,1-3H3,(H,26,27). The number of aromatic amines is 1. The van der Waals surface area contributed by atoms with Crippen LogP contribution in [-0.4, -0.2) is 114 Å². The lowest BCUT2D eigenvalue weighted by molar-refractivity contribution is -0.141. The molecule has 0 radical (unpaired) electrons. The monoisotopic (exact) mass is 996 g/mol.